The van der Waals surface area contributed by atoms with Crippen molar-refractivity contribution in [3.63, 3.8) is 0 Å². The topological polar surface area (TPSA) is 9.23 Å². The second-order valence-corrected chi connectivity index (χ2v) is 13.1. The lowest BCUT2D eigenvalue weighted by Gasteiger charge is -2.44. The summed E-state index contributed by atoms with van der Waals surface area (Å²) < 4.78 is 45.1. The van der Waals surface area contributed by atoms with E-state index in [-0.39, 0.29) is 6.10 Å². The summed E-state index contributed by atoms with van der Waals surface area (Å²) in [5.41, 5.74) is 2.90. The predicted molar refractivity (Wildman–Crippen MR) is 93.1 cm³/mol. The van der Waals surface area contributed by atoms with Crippen molar-refractivity contribution in [3.8, 4) is 0 Å². The Morgan fingerprint density at radius 1 is 1.09 bits per heavy atom. The van der Waals surface area contributed by atoms with Crippen LogP contribution in [-0.4, -0.2) is 20.6 Å². The van der Waals surface area contributed by atoms with E-state index < -0.39 is 20.9 Å². The molecule has 134 valence electrons. The maximum Gasteiger partial charge on any atom is 0.393 e. The lowest BCUT2D eigenvalue weighted by molar-refractivity contribution is -0.126. The molecule has 1 atom stereocenters. The number of halogens is 3. The van der Waals surface area contributed by atoms with Gasteiger partial charge in [0.1, 0.15) is 0 Å². The van der Waals surface area contributed by atoms with E-state index in [1.807, 2.05) is 0 Å². The molecular weight excluding hydrogens is 317 g/mol. The quantitative estimate of drug-likeness (QED) is 0.481. The second-order valence-electron chi connectivity index (χ2n) is 7.69. The Morgan fingerprint density at radius 2 is 1.52 bits per heavy atom. The van der Waals surface area contributed by atoms with Gasteiger partial charge in [0.2, 0.25) is 8.32 Å². The van der Waals surface area contributed by atoms with Gasteiger partial charge in [0.25, 0.3) is 0 Å². The Balaban J connectivity index is 3.14. The fourth-order valence-corrected chi connectivity index (χ4v) is 9.79. The van der Waals surface area contributed by atoms with E-state index in [4.69, 9.17) is 4.43 Å². The van der Waals surface area contributed by atoms with Crippen molar-refractivity contribution in [1.82, 2.24) is 0 Å². The molecule has 0 bridgehead atoms. The van der Waals surface area contributed by atoms with E-state index in [0.29, 0.717) is 34.2 Å². The Morgan fingerprint density at radius 3 is 1.87 bits per heavy atom. The number of allylic oxidation sites excluding steroid dienone is 1. The molecule has 0 saturated carbocycles. The van der Waals surface area contributed by atoms with Crippen molar-refractivity contribution < 1.29 is 17.6 Å². The highest BCUT2D eigenvalue weighted by Crippen LogP contribution is 2.47. The van der Waals surface area contributed by atoms with Gasteiger partial charge in [0.05, 0.1) is 12.5 Å². The fraction of sp³-hybridized carbons (Fsp3) is 0.778. The monoisotopic (exact) mass is 348 g/mol. The highest BCUT2D eigenvalue weighted by atomic mass is 28.4. The summed E-state index contributed by atoms with van der Waals surface area (Å²) in [4.78, 5) is 0. The van der Waals surface area contributed by atoms with E-state index in [9.17, 15) is 13.2 Å². The molecular formula is C18H31F3OSi. The minimum Gasteiger partial charge on any atom is -0.409 e. The highest BCUT2D eigenvalue weighted by molar-refractivity contribution is 6.77. The molecule has 0 aromatic rings. The summed E-state index contributed by atoms with van der Waals surface area (Å²) in [6, 6.07) is 0. The van der Waals surface area contributed by atoms with Crippen LogP contribution in [0.1, 0.15) is 61.3 Å². The van der Waals surface area contributed by atoms with Crippen LogP contribution in [0.25, 0.3) is 0 Å². The molecule has 0 heterocycles. The number of hydrogen-bond donors (Lipinski definition) is 0. The molecule has 1 aliphatic carbocycles. The van der Waals surface area contributed by atoms with Crippen LogP contribution in [0.2, 0.25) is 16.6 Å². The summed E-state index contributed by atoms with van der Waals surface area (Å²) in [6.45, 7) is 18.8. The fourth-order valence-electron chi connectivity index (χ4n) is 4.22. The maximum atomic E-state index is 12.8. The number of hydrogen-bond acceptors (Lipinski definition) is 1. The Hall–Kier alpha value is -0.553. The summed E-state index contributed by atoms with van der Waals surface area (Å²) in [5.74, 6) is 0. The van der Waals surface area contributed by atoms with Gasteiger partial charge >= 0.3 is 6.18 Å². The van der Waals surface area contributed by atoms with Gasteiger partial charge in [-0.2, -0.15) is 13.2 Å². The summed E-state index contributed by atoms with van der Waals surface area (Å²) >= 11 is 0. The first-order valence-electron chi connectivity index (χ1n) is 8.45. The van der Waals surface area contributed by atoms with Crippen molar-refractivity contribution >= 4 is 8.32 Å². The molecule has 0 aromatic carbocycles. The molecule has 1 rings (SSSR count). The van der Waals surface area contributed by atoms with Crippen LogP contribution in [-0.2, 0) is 4.43 Å². The van der Waals surface area contributed by atoms with Crippen molar-refractivity contribution in [2.75, 3.05) is 0 Å². The standard InChI is InChI=1S/C18H31F3OSi/c1-11(2)23(12(3)4,13(5)6)22-17-9-14(7)16(15(17)8)10-18(19,20)21/h11-13,17H,7,9-10H2,1-6,8H3/t17-/m0/s1. The van der Waals surface area contributed by atoms with Crippen LogP contribution in [0, 0.1) is 0 Å². The molecule has 0 amide bonds. The van der Waals surface area contributed by atoms with Crippen LogP contribution in [0.15, 0.2) is 23.3 Å². The second kappa shape index (κ2) is 7.14. The third-order valence-electron chi connectivity index (χ3n) is 5.25. The zero-order valence-electron chi connectivity index (χ0n) is 15.5. The zero-order valence-corrected chi connectivity index (χ0v) is 16.5. The lowest BCUT2D eigenvalue weighted by Crippen LogP contribution is -2.50. The normalized spacial score (nSPS) is 20.6. The molecule has 0 unspecified atom stereocenters. The molecule has 0 aliphatic heterocycles. The molecule has 0 radical (unpaired) electrons. The Labute approximate surface area is 140 Å². The molecule has 5 heteroatoms. The summed E-state index contributed by atoms with van der Waals surface area (Å²) in [6.07, 6.45) is -4.83. The van der Waals surface area contributed by atoms with Crippen molar-refractivity contribution in [1.29, 1.82) is 0 Å². The Bertz CT molecular complexity index is 453. The van der Waals surface area contributed by atoms with Gasteiger partial charge in [0, 0.05) is 6.42 Å². The largest absolute Gasteiger partial charge is 0.409 e. The highest BCUT2D eigenvalue weighted by Gasteiger charge is 2.48. The van der Waals surface area contributed by atoms with Crippen molar-refractivity contribution in [2.24, 2.45) is 0 Å². The summed E-state index contributed by atoms with van der Waals surface area (Å²) in [7, 11) is -2.11. The van der Waals surface area contributed by atoms with Gasteiger partial charge in [-0.25, -0.2) is 0 Å². The molecule has 23 heavy (non-hydrogen) atoms. The van der Waals surface area contributed by atoms with Crippen molar-refractivity contribution in [2.45, 2.75) is 90.2 Å². The first-order valence-corrected chi connectivity index (χ1v) is 10.6. The van der Waals surface area contributed by atoms with Crippen LogP contribution in [0.5, 0.6) is 0 Å². The van der Waals surface area contributed by atoms with Gasteiger partial charge < -0.3 is 4.43 Å². The van der Waals surface area contributed by atoms with Gasteiger partial charge in [-0.1, -0.05) is 48.1 Å². The summed E-state index contributed by atoms with van der Waals surface area (Å²) in [5, 5.41) is 0. The van der Waals surface area contributed by atoms with E-state index >= 15 is 0 Å². The van der Waals surface area contributed by atoms with Gasteiger partial charge in [-0.15, -0.1) is 0 Å². The third-order valence-corrected chi connectivity index (χ3v) is 11.4. The van der Waals surface area contributed by atoms with Crippen LogP contribution < -0.4 is 0 Å². The zero-order chi connectivity index (χ0) is 18.2. The molecule has 0 saturated heterocycles. The molecule has 0 fully saturated rings. The average Bonchev–Trinajstić information content (AvgIpc) is 2.60. The van der Waals surface area contributed by atoms with E-state index in [1.54, 1.807) is 6.92 Å². The predicted octanol–water partition coefficient (Wildman–Crippen LogP) is 6.78. The molecule has 0 aromatic heterocycles. The van der Waals surface area contributed by atoms with Gasteiger partial charge in [-0.05, 0) is 40.3 Å². The first-order chi connectivity index (χ1) is 10.3. The molecule has 1 aliphatic rings. The van der Waals surface area contributed by atoms with Gasteiger partial charge in [-0.3, -0.25) is 0 Å². The average molecular weight is 349 g/mol. The third kappa shape index (κ3) is 4.30. The minimum atomic E-state index is -4.20. The maximum absolute atomic E-state index is 12.8. The lowest BCUT2D eigenvalue weighted by atomic mass is 10.1. The first kappa shape index (κ1) is 20.5. The number of rotatable bonds is 6. The smallest absolute Gasteiger partial charge is 0.393 e. The molecule has 1 nitrogen and oxygen atoms in total. The van der Waals surface area contributed by atoms with E-state index in [2.05, 4.69) is 48.1 Å². The van der Waals surface area contributed by atoms with Crippen LogP contribution >= 0.6 is 0 Å². The minimum absolute atomic E-state index is 0.237. The van der Waals surface area contributed by atoms with Crippen LogP contribution in [0.3, 0.4) is 0 Å². The molecule has 0 spiro atoms. The SMILES string of the molecule is C=C1C[C@H](O[Si](C(C)C)(C(C)C)C(C)C)C(C)=C1CC(F)(F)F. The van der Waals surface area contributed by atoms with E-state index in [0.717, 1.165) is 5.57 Å². The Kier molecular flexibility index (Phi) is 6.36. The molecule has 0 N–H and O–H groups in total. The number of alkyl halides is 3. The van der Waals surface area contributed by atoms with Crippen molar-refractivity contribution in [3.05, 3.63) is 23.3 Å². The van der Waals surface area contributed by atoms with Gasteiger partial charge in [0.15, 0.2) is 0 Å². The van der Waals surface area contributed by atoms with Crippen LogP contribution in [0.4, 0.5) is 13.2 Å². The van der Waals surface area contributed by atoms with E-state index in [1.165, 1.54) is 0 Å².